The smallest absolute Gasteiger partial charge is 0.410 e. The normalized spacial score (nSPS) is 20.0. The fourth-order valence-electron chi connectivity index (χ4n) is 4.13. The summed E-state index contributed by atoms with van der Waals surface area (Å²) < 4.78 is 53.3. The minimum Gasteiger partial charge on any atom is -0.454 e. The van der Waals surface area contributed by atoms with Crippen molar-refractivity contribution in [1.82, 2.24) is 15.1 Å². The lowest BCUT2D eigenvalue weighted by molar-refractivity contribution is -0.173. The molecule has 3 heterocycles. The van der Waals surface area contributed by atoms with Crippen molar-refractivity contribution in [2.45, 2.75) is 37.6 Å². The Kier molecular flexibility index (Phi) is 5.15. The Balaban J connectivity index is 1.41. The molecule has 0 radical (unpaired) electrons. The molecule has 7 nitrogen and oxygen atoms in total. The van der Waals surface area contributed by atoms with Crippen molar-refractivity contribution in [3.8, 4) is 11.5 Å². The molecule has 0 fully saturated rings. The molecule has 10 heteroatoms. The highest BCUT2D eigenvalue weighted by Gasteiger charge is 2.47. The molecule has 0 aliphatic carbocycles. The van der Waals surface area contributed by atoms with E-state index >= 15 is 0 Å². The van der Waals surface area contributed by atoms with Crippen molar-refractivity contribution < 1.29 is 27.4 Å². The fraction of sp³-hybridized carbons (Fsp3) is 0.304. The number of nitrogens with zero attached hydrogens (tertiary/aromatic N) is 2. The standard InChI is InChI=1S/C23H21F3N4O3/c1-13(14-5-3-2-4-6-14)27-22(31)17-11-21-28-16(10-20(23(24,25)26)30(21)29-17)15-7-8-18-19(9-15)33-12-32-18/h2-9,11,13,16,20,28H,10,12H2,1H3,(H,27,31)/t13-,16+,20-/m0/s1. The first kappa shape index (κ1) is 21.2. The van der Waals surface area contributed by atoms with Crippen molar-refractivity contribution in [2.75, 3.05) is 12.1 Å². The molecule has 5 rings (SSSR count). The minimum atomic E-state index is -4.54. The van der Waals surface area contributed by atoms with Gasteiger partial charge in [0.25, 0.3) is 5.91 Å². The number of carbonyl (C=O) groups excluding carboxylic acids is 1. The summed E-state index contributed by atoms with van der Waals surface area (Å²) in [6.45, 7) is 1.88. The van der Waals surface area contributed by atoms with Gasteiger partial charge in [0, 0.05) is 12.5 Å². The third-order valence-corrected chi connectivity index (χ3v) is 5.87. The second kappa shape index (κ2) is 8.02. The zero-order valence-corrected chi connectivity index (χ0v) is 17.6. The lowest BCUT2D eigenvalue weighted by atomic mass is 9.96. The Morgan fingerprint density at radius 3 is 2.67 bits per heavy atom. The Bertz CT molecular complexity index is 1180. The van der Waals surface area contributed by atoms with E-state index in [9.17, 15) is 18.0 Å². The summed E-state index contributed by atoms with van der Waals surface area (Å²) in [6, 6.07) is 12.8. The number of benzene rings is 2. The van der Waals surface area contributed by atoms with Gasteiger partial charge in [-0.1, -0.05) is 36.4 Å². The first-order valence-electron chi connectivity index (χ1n) is 10.5. The van der Waals surface area contributed by atoms with Gasteiger partial charge in [0.1, 0.15) is 5.82 Å². The number of rotatable bonds is 4. The summed E-state index contributed by atoms with van der Waals surface area (Å²) in [5.41, 5.74) is 1.43. The maximum atomic E-state index is 13.9. The van der Waals surface area contributed by atoms with Crippen molar-refractivity contribution in [2.24, 2.45) is 0 Å². The Morgan fingerprint density at radius 1 is 1.15 bits per heavy atom. The Hall–Kier alpha value is -3.69. The zero-order valence-electron chi connectivity index (χ0n) is 17.6. The topological polar surface area (TPSA) is 77.4 Å². The van der Waals surface area contributed by atoms with Crippen molar-refractivity contribution in [3.63, 3.8) is 0 Å². The lowest BCUT2D eigenvalue weighted by Crippen LogP contribution is -2.35. The number of carbonyl (C=O) groups is 1. The van der Waals surface area contributed by atoms with E-state index in [-0.39, 0.29) is 30.8 Å². The number of ether oxygens (including phenoxy) is 2. The highest BCUT2D eigenvalue weighted by atomic mass is 19.4. The largest absolute Gasteiger partial charge is 0.454 e. The molecule has 2 aliphatic heterocycles. The molecule has 2 aromatic carbocycles. The van der Waals surface area contributed by atoms with Crippen LogP contribution in [0.4, 0.5) is 19.0 Å². The van der Waals surface area contributed by atoms with Gasteiger partial charge in [0.15, 0.2) is 23.2 Å². The monoisotopic (exact) mass is 458 g/mol. The molecule has 0 unspecified atom stereocenters. The maximum Gasteiger partial charge on any atom is 0.410 e. The van der Waals surface area contributed by atoms with Crippen LogP contribution in [0.25, 0.3) is 0 Å². The number of hydrogen-bond donors (Lipinski definition) is 2. The second-order valence-corrected chi connectivity index (χ2v) is 8.07. The van der Waals surface area contributed by atoms with Gasteiger partial charge in [0.05, 0.1) is 12.1 Å². The van der Waals surface area contributed by atoms with E-state index in [1.165, 1.54) is 6.07 Å². The van der Waals surface area contributed by atoms with E-state index < -0.39 is 24.2 Å². The van der Waals surface area contributed by atoms with E-state index in [2.05, 4.69) is 15.7 Å². The molecule has 2 N–H and O–H groups in total. The average Bonchev–Trinajstić information content (AvgIpc) is 3.44. The van der Waals surface area contributed by atoms with Crippen LogP contribution in [-0.2, 0) is 0 Å². The van der Waals surface area contributed by atoms with E-state index in [1.807, 2.05) is 30.3 Å². The molecular formula is C23H21F3N4O3. The average molecular weight is 458 g/mol. The molecule has 3 aromatic rings. The van der Waals surface area contributed by atoms with Crippen molar-refractivity contribution in [1.29, 1.82) is 0 Å². The van der Waals surface area contributed by atoms with Crippen LogP contribution in [0.15, 0.2) is 54.6 Å². The molecule has 172 valence electrons. The van der Waals surface area contributed by atoms with Crippen LogP contribution in [0.1, 0.15) is 53.1 Å². The van der Waals surface area contributed by atoms with Gasteiger partial charge in [0.2, 0.25) is 6.79 Å². The number of hydrogen-bond acceptors (Lipinski definition) is 5. The number of aromatic nitrogens is 2. The summed E-state index contributed by atoms with van der Waals surface area (Å²) >= 11 is 0. The molecule has 0 saturated carbocycles. The van der Waals surface area contributed by atoms with Gasteiger partial charge >= 0.3 is 6.18 Å². The first-order valence-corrected chi connectivity index (χ1v) is 10.5. The lowest BCUT2D eigenvalue weighted by Gasteiger charge is -2.33. The Labute approximate surface area is 187 Å². The first-order chi connectivity index (χ1) is 15.8. The summed E-state index contributed by atoms with van der Waals surface area (Å²) in [5, 5.41) is 9.89. The van der Waals surface area contributed by atoms with Crippen LogP contribution < -0.4 is 20.1 Å². The quantitative estimate of drug-likeness (QED) is 0.589. The highest BCUT2D eigenvalue weighted by Crippen LogP contribution is 2.45. The fourth-order valence-corrected chi connectivity index (χ4v) is 4.13. The van der Waals surface area contributed by atoms with Gasteiger partial charge in [-0.2, -0.15) is 18.3 Å². The highest BCUT2D eigenvalue weighted by molar-refractivity contribution is 5.93. The van der Waals surface area contributed by atoms with Gasteiger partial charge < -0.3 is 20.1 Å². The van der Waals surface area contributed by atoms with Crippen LogP contribution in [-0.4, -0.2) is 28.7 Å². The van der Waals surface area contributed by atoms with Gasteiger partial charge in [-0.05, 0) is 30.2 Å². The van der Waals surface area contributed by atoms with Crippen LogP contribution in [0.2, 0.25) is 0 Å². The molecule has 1 amide bonds. The van der Waals surface area contributed by atoms with E-state index in [0.717, 1.165) is 10.2 Å². The molecule has 33 heavy (non-hydrogen) atoms. The number of amides is 1. The van der Waals surface area contributed by atoms with Gasteiger partial charge in [-0.15, -0.1) is 0 Å². The predicted molar refractivity (Wildman–Crippen MR) is 113 cm³/mol. The molecule has 3 atom stereocenters. The molecule has 0 bridgehead atoms. The maximum absolute atomic E-state index is 13.9. The molecule has 0 spiro atoms. The number of halogens is 3. The summed E-state index contributed by atoms with van der Waals surface area (Å²) in [6.07, 6.45) is -4.82. The van der Waals surface area contributed by atoms with Crippen LogP contribution in [0.3, 0.4) is 0 Å². The SMILES string of the molecule is C[C@H](NC(=O)c1cc2n(n1)[C@H](C(F)(F)F)C[C@H](c1ccc3c(c1)OCO3)N2)c1ccccc1. The Morgan fingerprint density at radius 2 is 1.91 bits per heavy atom. The van der Waals surface area contributed by atoms with E-state index in [4.69, 9.17) is 9.47 Å². The number of nitrogens with one attached hydrogen (secondary N) is 2. The van der Waals surface area contributed by atoms with Crippen molar-refractivity contribution in [3.05, 3.63) is 71.4 Å². The predicted octanol–water partition coefficient (Wildman–Crippen LogP) is 4.76. The molecule has 1 aromatic heterocycles. The number of anilines is 1. The molecule has 2 aliphatic rings. The number of alkyl halides is 3. The summed E-state index contributed by atoms with van der Waals surface area (Å²) in [5.74, 6) is 0.629. The second-order valence-electron chi connectivity index (χ2n) is 8.07. The molecular weight excluding hydrogens is 437 g/mol. The van der Waals surface area contributed by atoms with Crippen molar-refractivity contribution >= 4 is 11.7 Å². The third kappa shape index (κ3) is 4.08. The summed E-state index contributed by atoms with van der Waals surface area (Å²) in [7, 11) is 0. The van der Waals surface area contributed by atoms with E-state index in [1.54, 1.807) is 25.1 Å². The minimum absolute atomic E-state index is 0.0781. The van der Waals surface area contributed by atoms with Gasteiger partial charge in [-0.25, -0.2) is 4.68 Å². The van der Waals surface area contributed by atoms with Crippen LogP contribution in [0, 0.1) is 0 Å². The third-order valence-electron chi connectivity index (χ3n) is 5.87. The zero-order chi connectivity index (χ0) is 23.2. The van der Waals surface area contributed by atoms with Crippen LogP contribution in [0.5, 0.6) is 11.5 Å². The molecule has 0 saturated heterocycles. The number of fused-ring (bicyclic) bond motifs is 2. The summed E-state index contributed by atoms with van der Waals surface area (Å²) in [4.78, 5) is 12.8. The van der Waals surface area contributed by atoms with Gasteiger partial charge in [-0.3, -0.25) is 4.79 Å². The van der Waals surface area contributed by atoms with E-state index in [0.29, 0.717) is 17.1 Å². The van der Waals surface area contributed by atoms with Crippen LogP contribution >= 0.6 is 0 Å².